The van der Waals surface area contributed by atoms with E-state index in [-0.39, 0.29) is 18.7 Å². The number of aliphatic hydroxyl groups excluding tert-OH is 1. The molecule has 28 heavy (non-hydrogen) atoms. The molecule has 2 atom stereocenters. The number of aromatic nitrogens is 3. The van der Waals surface area contributed by atoms with Crippen LogP contribution in [0.2, 0.25) is 0 Å². The summed E-state index contributed by atoms with van der Waals surface area (Å²) in [5.74, 6) is 0. The van der Waals surface area contributed by atoms with Crippen LogP contribution in [0.1, 0.15) is 11.1 Å². The van der Waals surface area contributed by atoms with Gasteiger partial charge in [0.05, 0.1) is 24.5 Å². The zero-order chi connectivity index (χ0) is 19.4. The van der Waals surface area contributed by atoms with Crippen molar-refractivity contribution in [1.82, 2.24) is 15.0 Å². The first-order valence-corrected chi connectivity index (χ1v) is 9.26. The first-order chi connectivity index (χ1) is 13.5. The molecule has 3 aromatic rings. The number of amides is 1. The summed E-state index contributed by atoms with van der Waals surface area (Å²) in [4.78, 5) is 13.8. The van der Waals surface area contributed by atoms with Gasteiger partial charge in [-0.1, -0.05) is 29.5 Å². The van der Waals surface area contributed by atoms with Crippen LogP contribution in [0.5, 0.6) is 0 Å². The number of hydrogen-bond donors (Lipinski definition) is 1. The summed E-state index contributed by atoms with van der Waals surface area (Å²) < 4.78 is 6.94. The maximum Gasteiger partial charge on any atom is 0.415 e. The van der Waals surface area contributed by atoms with E-state index in [9.17, 15) is 9.90 Å². The van der Waals surface area contributed by atoms with Crippen molar-refractivity contribution in [2.45, 2.75) is 25.5 Å². The van der Waals surface area contributed by atoms with Gasteiger partial charge >= 0.3 is 6.09 Å². The van der Waals surface area contributed by atoms with Gasteiger partial charge in [-0.2, -0.15) is 0 Å². The largest absolute Gasteiger partial charge is 0.441 e. The van der Waals surface area contributed by atoms with Crippen molar-refractivity contribution in [2.24, 2.45) is 7.05 Å². The minimum absolute atomic E-state index is 0.122. The second-order valence-corrected chi connectivity index (χ2v) is 7.40. The smallest absolute Gasteiger partial charge is 0.415 e. The molecule has 3 heterocycles. The fourth-order valence-electron chi connectivity index (χ4n) is 4.22. The SMILES string of the molecule is Cc1cc(-c2ccc3c(c2)CC2C(CO)OC(=O)N32)ccc1-c1cn(C)nn1. The van der Waals surface area contributed by atoms with Crippen LogP contribution in [0.4, 0.5) is 10.5 Å². The molecule has 2 aliphatic heterocycles. The first-order valence-electron chi connectivity index (χ1n) is 9.26. The molecule has 0 saturated carbocycles. The second-order valence-electron chi connectivity index (χ2n) is 7.40. The lowest BCUT2D eigenvalue weighted by Crippen LogP contribution is -2.34. The van der Waals surface area contributed by atoms with Gasteiger partial charge in [0.2, 0.25) is 0 Å². The second kappa shape index (κ2) is 6.17. The van der Waals surface area contributed by atoms with Crippen molar-refractivity contribution in [1.29, 1.82) is 0 Å². The molecule has 1 fully saturated rings. The van der Waals surface area contributed by atoms with E-state index in [1.165, 1.54) is 0 Å². The molecule has 1 N–H and O–H groups in total. The number of benzene rings is 2. The molecule has 0 bridgehead atoms. The Kier molecular flexibility index (Phi) is 3.73. The third-order valence-electron chi connectivity index (χ3n) is 5.60. The average Bonchev–Trinajstić information content (AvgIpc) is 3.36. The highest BCUT2D eigenvalue weighted by molar-refractivity contribution is 5.94. The van der Waals surface area contributed by atoms with Gasteiger partial charge in [-0.3, -0.25) is 9.58 Å². The number of carbonyl (C=O) groups is 1. The minimum atomic E-state index is -0.461. The lowest BCUT2D eigenvalue weighted by Gasteiger charge is -2.14. The molecule has 1 aromatic heterocycles. The topological polar surface area (TPSA) is 80.5 Å². The molecular formula is C21H20N4O3. The Hall–Kier alpha value is -3.19. The maximum atomic E-state index is 12.1. The molecule has 1 saturated heterocycles. The number of nitrogens with zero attached hydrogens (tertiary/aromatic N) is 4. The van der Waals surface area contributed by atoms with Crippen molar-refractivity contribution in [3.8, 4) is 22.4 Å². The number of rotatable bonds is 3. The van der Waals surface area contributed by atoms with Crippen LogP contribution in [-0.4, -0.2) is 44.9 Å². The fourth-order valence-corrected chi connectivity index (χ4v) is 4.22. The number of hydrogen-bond acceptors (Lipinski definition) is 5. The standard InChI is InChI=1S/C21H20N4O3/c1-12-7-13(3-5-16(12)17-10-24(2)23-22-17)14-4-6-18-15(8-14)9-19-20(11-26)28-21(27)25(18)19/h3-8,10,19-20,26H,9,11H2,1-2H3. The monoisotopic (exact) mass is 376 g/mol. The normalized spacial score (nSPS) is 20.2. The van der Waals surface area contributed by atoms with Crippen molar-refractivity contribution in [3.63, 3.8) is 0 Å². The molecule has 142 valence electrons. The summed E-state index contributed by atoms with van der Waals surface area (Å²) in [5.41, 5.74) is 7.24. The van der Waals surface area contributed by atoms with Crippen molar-refractivity contribution in [2.75, 3.05) is 11.5 Å². The van der Waals surface area contributed by atoms with E-state index in [2.05, 4.69) is 41.5 Å². The quantitative estimate of drug-likeness (QED) is 0.760. The highest BCUT2D eigenvalue weighted by atomic mass is 16.6. The Morgan fingerprint density at radius 1 is 1.21 bits per heavy atom. The Morgan fingerprint density at radius 2 is 2.00 bits per heavy atom. The molecule has 0 spiro atoms. The number of fused-ring (bicyclic) bond motifs is 3. The third kappa shape index (κ3) is 2.51. The Balaban J connectivity index is 1.48. The number of anilines is 1. The summed E-state index contributed by atoms with van der Waals surface area (Å²) in [5, 5.41) is 17.7. The number of carbonyl (C=O) groups excluding carboxylic acids is 1. The van der Waals surface area contributed by atoms with Gasteiger partial charge in [-0.25, -0.2) is 4.79 Å². The number of aliphatic hydroxyl groups is 1. The van der Waals surface area contributed by atoms with Crippen molar-refractivity contribution < 1.29 is 14.6 Å². The number of cyclic esters (lactones) is 1. The van der Waals surface area contributed by atoms with Gasteiger partial charge in [0.15, 0.2) is 0 Å². The predicted molar refractivity (Wildman–Crippen MR) is 104 cm³/mol. The van der Waals surface area contributed by atoms with E-state index < -0.39 is 6.10 Å². The molecular weight excluding hydrogens is 356 g/mol. The minimum Gasteiger partial charge on any atom is -0.441 e. The summed E-state index contributed by atoms with van der Waals surface area (Å²) in [6.07, 6.45) is 1.76. The van der Waals surface area contributed by atoms with E-state index in [0.29, 0.717) is 6.42 Å². The van der Waals surface area contributed by atoms with Gasteiger partial charge in [-0.05, 0) is 47.7 Å². The van der Waals surface area contributed by atoms with Crippen LogP contribution >= 0.6 is 0 Å². The van der Waals surface area contributed by atoms with E-state index in [0.717, 1.165) is 39.2 Å². The van der Waals surface area contributed by atoms with Crippen LogP contribution in [0, 0.1) is 6.92 Å². The van der Waals surface area contributed by atoms with Gasteiger partial charge in [0.1, 0.15) is 11.8 Å². The van der Waals surface area contributed by atoms with E-state index in [4.69, 9.17) is 4.74 Å². The van der Waals surface area contributed by atoms with Gasteiger partial charge in [-0.15, -0.1) is 5.10 Å². The molecule has 2 aromatic carbocycles. The summed E-state index contributed by atoms with van der Waals surface area (Å²) >= 11 is 0. The number of aryl methyl sites for hydroxylation is 2. The lowest BCUT2D eigenvalue weighted by atomic mass is 9.96. The zero-order valence-electron chi connectivity index (χ0n) is 15.7. The Labute approximate surface area is 162 Å². The highest BCUT2D eigenvalue weighted by Crippen LogP contribution is 2.40. The first kappa shape index (κ1) is 16.9. The molecule has 5 rings (SSSR count). The Bertz CT molecular complexity index is 1090. The molecule has 7 heteroatoms. The molecule has 2 aliphatic rings. The summed E-state index contributed by atoms with van der Waals surface area (Å²) in [7, 11) is 1.85. The van der Waals surface area contributed by atoms with Gasteiger partial charge in [0.25, 0.3) is 0 Å². The van der Waals surface area contributed by atoms with Crippen LogP contribution in [0.15, 0.2) is 42.6 Å². The molecule has 7 nitrogen and oxygen atoms in total. The van der Waals surface area contributed by atoms with E-state index in [1.54, 1.807) is 9.58 Å². The van der Waals surface area contributed by atoms with Crippen molar-refractivity contribution >= 4 is 11.8 Å². The fraction of sp³-hybridized carbons (Fsp3) is 0.286. The van der Waals surface area contributed by atoms with Crippen LogP contribution in [0.3, 0.4) is 0 Å². The highest BCUT2D eigenvalue weighted by Gasteiger charge is 2.47. The molecule has 1 amide bonds. The van der Waals surface area contributed by atoms with E-state index in [1.807, 2.05) is 25.4 Å². The molecule has 2 unspecified atom stereocenters. The van der Waals surface area contributed by atoms with Crippen LogP contribution in [-0.2, 0) is 18.2 Å². The molecule has 0 radical (unpaired) electrons. The zero-order valence-corrected chi connectivity index (χ0v) is 15.7. The van der Waals surface area contributed by atoms with Crippen LogP contribution < -0.4 is 4.90 Å². The summed E-state index contributed by atoms with van der Waals surface area (Å²) in [6.45, 7) is 1.91. The third-order valence-corrected chi connectivity index (χ3v) is 5.60. The van der Waals surface area contributed by atoms with E-state index >= 15 is 0 Å². The van der Waals surface area contributed by atoms with Gasteiger partial charge in [0, 0.05) is 12.6 Å². The van der Waals surface area contributed by atoms with Crippen LogP contribution in [0.25, 0.3) is 22.4 Å². The average molecular weight is 376 g/mol. The lowest BCUT2D eigenvalue weighted by molar-refractivity contribution is 0.0830. The van der Waals surface area contributed by atoms with Crippen molar-refractivity contribution in [3.05, 3.63) is 53.7 Å². The molecule has 0 aliphatic carbocycles. The predicted octanol–water partition coefficient (Wildman–Crippen LogP) is 2.70. The Morgan fingerprint density at radius 3 is 2.71 bits per heavy atom. The number of ether oxygens (including phenoxy) is 1. The van der Waals surface area contributed by atoms with Gasteiger partial charge < -0.3 is 9.84 Å². The summed E-state index contributed by atoms with van der Waals surface area (Å²) in [6, 6.07) is 12.3. The maximum absolute atomic E-state index is 12.1.